The Morgan fingerprint density at radius 3 is 2.11 bits per heavy atom. The van der Waals surface area contributed by atoms with Crippen LogP contribution in [0.3, 0.4) is 0 Å². The van der Waals surface area contributed by atoms with Gasteiger partial charge in [0, 0.05) is 51.1 Å². The highest BCUT2D eigenvalue weighted by atomic mass is 32.2. The number of anilines is 1. The quantitative estimate of drug-likeness (QED) is 0.457. The van der Waals surface area contributed by atoms with E-state index in [1.165, 1.54) is 34.0 Å². The van der Waals surface area contributed by atoms with E-state index in [9.17, 15) is 21.6 Å². The second-order valence-electron chi connectivity index (χ2n) is 8.29. The van der Waals surface area contributed by atoms with E-state index in [4.69, 9.17) is 0 Å². The molecule has 1 aromatic heterocycles. The summed E-state index contributed by atoms with van der Waals surface area (Å²) in [4.78, 5) is 21.9. The van der Waals surface area contributed by atoms with Crippen LogP contribution >= 0.6 is 11.3 Å². The van der Waals surface area contributed by atoms with Gasteiger partial charge in [0.25, 0.3) is 5.91 Å². The van der Waals surface area contributed by atoms with Gasteiger partial charge in [-0.05, 0) is 42.5 Å². The number of fused-ring (bicyclic) bond motifs is 1. The van der Waals surface area contributed by atoms with Crippen LogP contribution in [0.4, 0.5) is 5.13 Å². The molecule has 0 saturated carbocycles. The van der Waals surface area contributed by atoms with Crippen LogP contribution in [-0.4, -0.2) is 82.5 Å². The maximum Gasteiger partial charge on any atom is 0.253 e. The normalized spacial score (nSPS) is 15.2. The van der Waals surface area contributed by atoms with Gasteiger partial charge in [0.2, 0.25) is 10.0 Å². The first kappa shape index (κ1) is 25.5. The number of sulfone groups is 1. The van der Waals surface area contributed by atoms with Crippen molar-refractivity contribution in [3.05, 3.63) is 48.0 Å². The molecule has 9 nitrogen and oxygen atoms in total. The van der Waals surface area contributed by atoms with Crippen molar-refractivity contribution in [3.63, 3.8) is 0 Å². The van der Waals surface area contributed by atoms with Gasteiger partial charge in [-0.15, -0.1) is 0 Å². The molecule has 0 spiro atoms. The lowest BCUT2D eigenvalue weighted by Gasteiger charge is -2.34. The van der Waals surface area contributed by atoms with Crippen molar-refractivity contribution in [2.45, 2.75) is 23.6 Å². The van der Waals surface area contributed by atoms with Gasteiger partial charge in [0.15, 0.2) is 15.0 Å². The third-order valence-corrected chi connectivity index (χ3v) is 10.3. The third kappa shape index (κ3) is 5.20. The molecule has 3 aromatic rings. The van der Waals surface area contributed by atoms with Crippen molar-refractivity contribution in [2.75, 3.05) is 50.4 Å². The van der Waals surface area contributed by atoms with Gasteiger partial charge in [-0.3, -0.25) is 4.79 Å². The first-order valence-electron chi connectivity index (χ1n) is 11.3. The van der Waals surface area contributed by atoms with Crippen molar-refractivity contribution >= 4 is 52.5 Å². The Morgan fingerprint density at radius 1 is 0.943 bits per heavy atom. The van der Waals surface area contributed by atoms with E-state index in [0.717, 1.165) is 15.3 Å². The van der Waals surface area contributed by atoms with Gasteiger partial charge >= 0.3 is 0 Å². The monoisotopic (exact) mass is 536 g/mol. The predicted molar refractivity (Wildman–Crippen MR) is 137 cm³/mol. The standard InChI is InChI=1S/C23H28N4O5S3/c1-4-27(5-2)35(31,32)18-8-6-17(7-9-18)22(28)25-12-14-26(15-13-25)23-24-20-11-10-19(34(3,29)30)16-21(20)33-23/h6-11,16H,4-5,12-15H2,1-3H3. The Kier molecular flexibility index (Phi) is 7.18. The molecule has 1 fully saturated rings. The van der Waals surface area contributed by atoms with Crippen molar-refractivity contribution in [2.24, 2.45) is 0 Å². The topological polar surface area (TPSA) is 108 Å². The highest BCUT2D eigenvalue weighted by Gasteiger charge is 2.26. The molecular formula is C23H28N4O5S3. The molecule has 1 saturated heterocycles. The van der Waals surface area contributed by atoms with Gasteiger partial charge in [-0.2, -0.15) is 4.31 Å². The third-order valence-electron chi connectivity index (χ3n) is 6.06. The lowest BCUT2D eigenvalue weighted by atomic mass is 10.2. The van der Waals surface area contributed by atoms with Gasteiger partial charge in [-0.25, -0.2) is 21.8 Å². The highest BCUT2D eigenvalue weighted by molar-refractivity contribution is 7.90. The van der Waals surface area contributed by atoms with Crippen molar-refractivity contribution in [3.8, 4) is 0 Å². The molecule has 1 aliphatic heterocycles. The van der Waals surface area contributed by atoms with E-state index in [-0.39, 0.29) is 15.7 Å². The molecule has 0 aliphatic carbocycles. The number of carbonyl (C=O) groups excluding carboxylic acids is 1. The summed E-state index contributed by atoms with van der Waals surface area (Å²) in [6, 6.07) is 11.0. The predicted octanol–water partition coefficient (Wildman–Crippen LogP) is 2.69. The van der Waals surface area contributed by atoms with E-state index >= 15 is 0 Å². The van der Waals surface area contributed by atoms with Crippen LogP contribution in [0.5, 0.6) is 0 Å². The summed E-state index contributed by atoms with van der Waals surface area (Å²) in [5.41, 5.74) is 1.20. The summed E-state index contributed by atoms with van der Waals surface area (Å²) in [6.07, 6.45) is 1.18. The van der Waals surface area contributed by atoms with Crippen LogP contribution in [0.25, 0.3) is 10.2 Å². The number of thiazole rings is 1. The summed E-state index contributed by atoms with van der Waals surface area (Å²) >= 11 is 1.44. The molecule has 0 N–H and O–H groups in total. The Morgan fingerprint density at radius 2 is 1.54 bits per heavy atom. The maximum atomic E-state index is 13.0. The number of aromatic nitrogens is 1. The van der Waals surface area contributed by atoms with Crippen LogP contribution < -0.4 is 4.90 Å². The minimum atomic E-state index is -3.57. The maximum absolute atomic E-state index is 13.0. The smallest absolute Gasteiger partial charge is 0.253 e. The SMILES string of the molecule is CCN(CC)S(=O)(=O)c1ccc(C(=O)N2CCN(c3nc4ccc(S(C)(=O)=O)cc4s3)CC2)cc1. The average molecular weight is 537 g/mol. The number of rotatable bonds is 7. The molecular weight excluding hydrogens is 508 g/mol. The van der Waals surface area contributed by atoms with Gasteiger partial charge in [0.1, 0.15) is 0 Å². The van der Waals surface area contributed by atoms with Gasteiger partial charge < -0.3 is 9.80 Å². The molecule has 4 rings (SSSR count). The first-order valence-corrected chi connectivity index (χ1v) is 15.4. The average Bonchev–Trinajstić information content (AvgIpc) is 3.27. The zero-order valence-electron chi connectivity index (χ0n) is 19.8. The van der Waals surface area contributed by atoms with E-state index < -0.39 is 19.9 Å². The lowest BCUT2D eigenvalue weighted by molar-refractivity contribution is 0.0746. The second-order valence-corrected chi connectivity index (χ2v) is 13.3. The zero-order chi connectivity index (χ0) is 25.4. The van der Waals surface area contributed by atoms with Crippen molar-refractivity contribution in [1.82, 2.24) is 14.2 Å². The highest BCUT2D eigenvalue weighted by Crippen LogP contribution is 2.31. The summed E-state index contributed by atoms with van der Waals surface area (Å²) in [6.45, 7) is 6.55. The van der Waals surface area contributed by atoms with E-state index in [0.29, 0.717) is 44.8 Å². The second kappa shape index (κ2) is 9.84. The van der Waals surface area contributed by atoms with Gasteiger partial charge in [0.05, 0.1) is 20.0 Å². The van der Waals surface area contributed by atoms with E-state index in [1.807, 2.05) is 0 Å². The summed E-state index contributed by atoms with van der Waals surface area (Å²) in [7, 11) is -6.85. The molecule has 1 amide bonds. The van der Waals surface area contributed by atoms with E-state index in [2.05, 4.69) is 9.88 Å². The van der Waals surface area contributed by atoms with Crippen LogP contribution in [0, 0.1) is 0 Å². The fourth-order valence-corrected chi connectivity index (χ4v) is 7.26. The van der Waals surface area contributed by atoms with Crippen LogP contribution in [-0.2, 0) is 19.9 Å². The number of hydrogen-bond acceptors (Lipinski definition) is 8. The Bertz CT molecular complexity index is 1440. The summed E-state index contributed by atoms with van der Waals surface area (Å²) in [5, 5.41) is 0.795. The molecule has 0 radical (unpaired) electrons. The Balaban J connectivity index is 1.43. The summed E-state index contributed by atoms with van der Waals surface area (Å²) < 4.78 is 51.2. The molecule has 0 unspecified atom stereocenters. The number of piperazine rings is 1. The molecule has 0 bridgehead atoms. The van der Waals surface area contributed by atoms with Crippen LogP contribution in [0.1, 0.15) is 24.2 Å². The molecule has 2 aromatic carbocycles. The number of carbonyl (C=O) groups is 1. The zero-order valence-corrected chi connectivity index (χ0v) is 22.3. The first-order chi connectivity index (χ1) is 16.5. The fraction of sp³-hybridized carbons (Fsp3) is 0.391. The largest absolute Gasteiger partial charge is 0.345 e. The number of hydrogen-bond donors (Lipinski definition) is 0. The number of benzene rings is 2. The molecule has 1 aliphatic rings. The number of nitrogens with zero attached hydrogens (tertiary/aromatic N) is 4. The minimum absolute atomic E-state index is 0.140. The summed E-state index contributed by atoms with van der Waals surface area (Å²) in [5.74, 6) is -0.140. The molecule has 188 valence electrons. The Labute approximate surface area is 210 Å². The van der Waals surface area contributed by atoms with Crippen molar-refractivity contribution < 1.29 is 21.6 Å². The molecule has 2 heterocycles. The van der Waals surface area contributed by atoms with Crippen molar-refractivity contribution in [1.29, 1.82) is 0 Å². The number of sulfonamides is 1. The molecule has 0 atom stereocenters. The lowest BCUT2D eigenvalue weighted by Crippen LogP contribution is -2.48. The fourth-order valence-electron chi connectivity index (χ4n) is 4.02. The van der Waals surface area contributed by atoms with Gasteiger partial charge in [-0.1, -0.05) is 25.2 Å². The molecule has 12 heteroatoms. The number of amides is 1. The van der Waals surface area contributed by atoms with E-state index in [1.54, 1.807) is 49.1 Å². The van der Waals surface area contributed by atoms with Crippen LogP contribution in [0.2, 0.25) is 0 Å². The Hall–Kier alpha value is -2.54. The van der Waals surface area contributed by atoms with Crippen LogP contribution in [0.15, 0.2) is 52.3 Å². The molecule has 35 heavy (non-hydrogen) atoms. The minimum Gasteiger partial charge on any atom is -0.345 e.